The van der Waals surface area contributed by atoms with Gasteiger partial charge in [0.2, 0.25) is 5.82 Å². The lowest BCUT2D eigenvalue weighted by Gasteiger charge is -2.36. The lowest BCUT2D eigenvalue weighted by Crippen LogP contribution is -2.49. The van der Waals surface area contributed by atoms with Crippen LogP contribution in [0.5, 0.6) is 5.75 Å². The summed E-state index contributed by atoms with van der Waals surface area (Å²) in [6.07, 6.45) is 1.59. The third-order valence-corrected chi connectivity index (χ3v) is 9.34. The van der Waals surface area contributed by atoms with Crippen molar-refractivity contribution in [2.24, 2.45) is 0 Å². The highest BCUT2D eigenvalue weighted by Gasteiger charge is 2.26. The van der Waals surface area contributed by atoms with Gasteiger partial charge >= 0.3 is 0 Å². The van der Waals surface area contributed by atoms with Crippen LogP contribution in [-0.2, 0) is 5.75 Å². The summed E-state index contributed by atoms with van der Waals surface area (Å²) in [7, 11) is 1.67. The number of anilines is 1. The molecule has 0 bridgehead atoms. The minimum Gasteiger partial charge on any atom is -0.495 e. The zero-order valence-corrected chi connectivity index (χ0v) is 25.0. The molecule has 210 valence electrons. The van der Waals surface area contributed by atoms with E-state index in [4.69, 9.17) is 32.4 Å². The van der Waals surface area contributed by atoms with Crippen LogP contribution in [0.2, 0.25) is 10.0 Å². The highest BCUT2D eigenvalue weighted by molar-refractivity contribution is 7.98. The van der Waals surface area contributed by atoms with E-state index in [1.807, 2.05) is 51.2 Å². The number of thiazole rings is 1. The second-order valence-electron chi connectivity index (χ2n) is 9.08. The topological polar surface area (TPSA) is 89.5 Å². The number of amides is 1. The summed E-state index contributed by atoms with van der Waals surface area (Å²) < 4.78 is 13.0. The zero-order valence-electron chi connectivity index (χ0n) is 21.9. The molecule has 1 saturated heterocycles. The maximum atomic E-state index is 13.2. The van der Waals surface area contributed by atoms with E-state index in [1.165, 1.54) is 23.1 Å². The molecule has 0 radical (unpaired) electrons. The van der Waals surface area contributed by atoms with Crippen LogP contribution in [0.15, 0.2) is 75.8 Å². The number of para-hydroxylation sites is 2. The number of aromatic nitrogens is 4. The standard InChI is InChI=1S/C28H24Cl2N6O3S2/c1-38-23-6-3-2-5-22(23)34-10-12-35(13-11-34)27(37)21-16-40-25(31-21)17-41-28-33-32-26(24-7-4-14-39-24)36(28)18-8-9-19(29)20(30)15-18/h2-9,14-16H,10-13,17H2,1H3. The number of hydrogen-bond donors (Lipinski definition) is 0. The Morgan fingerprint density at radius 3 is 2.63 bits per heavy atom. The van der Waals surface area contributed by atoms with Crippen LogP contribution in [0.1, 0.15) is 15.5 Å². The first-order chi connectivity index (χ1) is 20.0. The molecule has 3 aromatic heterocycles. The number of piperazine rings is 1. The predicted molar refractivity (Wildman–Crippen MR) is 162 cm³/mol. The Morgan fingerprint density at radius 2 is 1.88 bits per heavy atom. The smallest absolute Gasteiger partial charge is 0.273 e. The van der Waals surface area contributed by atoms with E-state index in [9.17, 15) is 4.79 Å². The van der Waals surface area contributed by atoms with Gasteiger partial charge in [-0.05, 0) is 42.5 Å². The molecule has 1 aliphatic rings. The monoisotopic (exact) mass is 626 g/mol. The molecule has 0 spiro atoms. The third kappa shape index (κ3) is 5.80. The zero-order chi connectivity index (χ0) is 28.3. The summed E-state index contributed by atoms with van der Waals surface area (Å²) in [6.45, 7) is 2.67. The lowest BCUT2D eigenvalue weighted by atomic mass is 10.2. The van der Waals surface area contributed by atoms with Gasteiger partial charge in [-0.15, -0.1) is 21.5 Å². The highest BCUT2D eigenvalue weighted by atomic mass is 35.5. The van der Waals surface area contributed by atoms with Crippen LogP contribution in [0.25, 0.3) is 17.3 Å². The predicted octanol–water partition coefficient (Wildman–Crippen LogP) is 6.55. The van der Waals surface area contributed by atoms with Gasteiger partial charge < -0.3 is 19.0 Å². The summed E-state index contributed by atoms with van der Waals surface area (Å²) in [5.41, 5.74) is 2.25. The number of thioether (sulfide) groups is 1. The van der Waals surface area contributed by atoms with E-state index in [1.54, 1.807) is 31.6 Å². The van der Waals surface area contributed by atoms with E-state index in [0.717, 1.165) is 35.2 Å². The van der Waals surface area contributed by atoms with Crippen molar-refractivity contribution in [3.63, 3.8) is 0 Å². The van der Waals surface area contributed by atoms with Gasteiger partial charge in [-0.1, -0.05) is 47.1 Å². The molecule has 0 unspecified atom stereocenters. The minimum absolute atomic E-state index is 0.0590. The Kier molecular flexibility index (Phi) is 8.20. The van der Waals surface area contributed by atoms with Gasteiger partial charge in [-0.3, -0.25) is 9.36 Å². The lowest BCUT2D eigenvalue weighted by molar-refractivity contribution is 0.0741. The first-order valence-electron chi connectivity index (χ1n) is 12.7. The first-order valence-corrected chi connectivity index (χ1v) is 15.3. The molecule has 1 aliphatic heterocycles. The number of hydrogen-bond acceptors (Lipinski definition) is 9. The molecular weight excluding hydrogens is 603 g/mol. The molecule has 1 amide bonds. The van der Waals surface area contributed by atoms with Crippen LogP contribution in [0, 0.1) is 0 Å². The van der Waals surface area contributed by atoms with Crippen molar-refractivity contribution in [1.29, 1.82) is 0 Å². The highest BCUT2D eigenvalue weighted by Crippen LogP contribution is 2.33. The third-order valence-electron chi connectivity index (χ3n) is 6.62. The molecule has 4 heterocycles. The molecule has 0 saturated carbocycles. The van der Waals surface area contributed by atoms with Gasteiger partial charge in [0.25, 0.3) is 5.91 Å². The van der Waals surface area contributed by atoms with Gasteiger partial charge in [0.05, 0.1) is 40.5 Å². The Labute approximate surface area is 254 Å². The molecule has 5 aromatic rings. The van der Waals surface area contributed by atoms with E-state index in [2.05, 4.69) is 20.1 Å². The maximum Gasteiger partial charge on any atom is 0.273 e. The summed E-state index contributed by atoms with van der Waals surface area (Å²) in [5, 5.41) is 12.9. The number of furan rings is 1. The molecule has 0 atom stereocenters. The number of benzene rings is 2. The molecule has 2 aromatic carbocycles. The molecule has 0 N–H and O–H groups in total. The summed E-state index contributed by atoms with van der Waals surface area (Å²) in [6, 6.07) is 16.9. The normalized spacial score (nSPS) is 13.5. The number of carbonyl (C=O) groups excluding carboxylic acids is 1. The van der Waals surface area contributed by atoms with E-state index in [0.29, 0.717) is 51.3 Å². The number of methoxy groups -OCH3 is 1. The maximum absolute atomic E-state index is 13.2. The van der Waals surface area contributed by atoms with Gasteiger partial charge in [0.1, 0.15) is 16.5 Å². The van der Waals surface area contributed by atoms with Crippen LogP contribution < -0.4 is 9.64 Å². The first kappa shape index (κ1) is 27.6. The van der Waals surface area contributed by atoms with Crippen molar-refractivity contribution in [3.8, 4) is 23.0 Å². The summed E-state index contributed by atoms with van der Waals surface area (Å²) in [5.74, 6) is 2.40. The molecule has 9 nitrogen and oxygen atoms in total. The average molecular weight is 628 g/mol. The summed E-state index contributed by atoms with van der Waals surface area (Å²) >= 11 is 15.4. The van der Waals surface area contributed by atoms with Crippen molar-refractivity contribution < 1.29 is 13.9 Å². The molecule has 41 heavy (non-hydrogen) atoms. The second kappa shape index (κ2) is 12.2. The SMILES string of the molecule is COc1ccccc1N1CCN(C(=O)c2csc(CSc3nnc(-c4ccco4)n3-c3ccc(Cl)c(Cl)c3)n2)CC1. The second-order valence-corrected chi connectivity index (χ2v) is 11.8. The Hall–Kier alpha value is -3.51. The largest absolute Gasteiger partial charge is 0.495 e. The fourth-order valence-electron chi connectivity index (χ4n) is 4.59. The number of nitrogens with zero attached hydrogens (tertiary/aromatic N) is 6. The van der Waals surface area contributed by atoms with E-state index in [-0.39, 0.29) is 5.91 Å². The number of carbonyl (C=O) groups is 1. The van der Waals surface area contributed by atoms with Crippen LogP contribution in [0.3, 0.4) is 0 Å². The van der Waals surface area contributed by atoms with Gasteiger partial charge in [0, 0.05) is 31.6 Å². The number of ether oxygens (including phenoxy) is 1. The molecule has 0 aliphatic carbocycles. The fourth-order valence-corrected chi connectivity index (χ4v) is 6.62. The number of halogens is 2. The van der Waals surface area contributed by atoms with Crippen molar-refractivity contribution in [2.75, 3.05) is 38.2 Å². The van der Waals surface area contributed by atoms with Crippen LogP contribution in [-0.4, -0.2) is 63.8 Å². The van der Waals surface area contributed by atoms with E-state index >= 15 is 0 Å². The van der Waals surface area contributed by atoms with Crippen molar-refractivity contribution >= 4 is 57.9 Å². The number of rotatable bonds is 8. The van der Waals surface area contributed by atoms with Crippen LogP contribution >= 0.6 is 46.3 Å². The Bertz CT molecular complexity index is 1670. The van der Waals surface area contributed by atoms with Crippen molar-refractivity contribution in [1.82, 2.24) is 24.6 Å². The van der Waals surface area contributed by atoms with Crippen LogP contribution in [0.4, 0.5) is 5.69 Å². The summed E-state index contributed by atoms with van der Waals surface area (Å²) in [4.78, 5) is 22.0. The fraction of sp³-hybridized carbons (Fsp3) is 0.214. The quantitative estimate of drug-likeness (QED) is 0.179. The molecule has 6 rings (SSSR count). The molecule has 1 fully saturated rings. The Morgan fingerprint density at radius 1 is 1.05 bits per heavy atom. The van der Waals surface area contributed by atoms with Gasteiger partial charge in [0.15, 0.2) is 10.9 Å². The molecule has 13 heteroatoms. The molecular formula is C28H24Cl2N6O3S2. The average Bonchev–Trinajstić information content (AvgIpc) is 3.78. The van der Waals surface area contributed by atoms with Gasteiger partial charge in [-0.2, -0.15) is 0 Å². The van der Waals surface area contributed by atoms with Crippen molar-refractivity contribution in [2.45, 2.75) is 10.9 Å². The van der Waals surface area contributed by atoms with Crippen molar-refractivity contribution in [3.05, 3.63) is 87.0 Å². The minimum atomic E-state index is -0.0590. The van der Waals surface area contributed by atoms with Gasteiger partial charge in [-0.25, -0.2) is 4.98 Å². The Balaban J connectivity index is 1.14. The van der Waals surface area contributed by atoms with E-state index < -0.39 is 0 Å².